The SMILES string of the molecule is CCCCCCCCCCCCCCCCCCC(CCC)C(=O)OC(=O)C(CCC)CCCCCCCCCCCCCCCCCC. The molecule has 0 aliphatic carbocycles. The predicted molar refractivity (Wildman–Crippen MR) is 216 cm³/mol. The summed E-state index contributed by atoms with van der Waals surface area (Å²) in [6.45, 7) is 8.84. The Balaban J connectivity index is 3.92. The first-order valence-electron chi connectivity index (χ1n) is 22.9. The number of ether oxygens (including phenoxy) is 1. The molecule has 2 unspecified atom stereocenters. The maximum atomic E-state index is 13.0. The molecule has 0 radical (unpaired) electrons. The highest BCUT2D eigenvalue weighted by Gasteiger charge is 2.26. The van der Waals surface area contributed by atoms with Crippen molar-refractivity contribution < 1.29 is 14.3 Å². The molecule has 292 valence electrons. The zero-order valence-corrected chi connectivity index (χ0v) is 34.2. The van der Waals surface area contributed by atoms with Gasteiger partial charge in [0.25, 0.3) is 0 Å². The van der Waals surface area contributed by atoms with Gasteiger partial charge in [0.1, 0.15) is 0 Å². The summed E-state index contributed by atoms with van der Waals surface area (Å²) in [6.07, 6.45) is 48.8. The third-order valence-electron chi connectivity index (χ3n) is 11.0. The molecule has 0 aromatic rings. The Kier molecular flexibility index (Phi) is 39.2. The van der Waals surface area contributed by atoms with E-state index in [9.17, 15) is 9.59 Å². The van der Waals surface area contributed by atoms with E-state index in [-0.39, 0.29) is 23.8 Å². The number of carbonyl (C=O) groups excluding carboxylic acids is 2. The number of unbranched alkanes of at least 4 members (excludes halogenated alkanes) is 30. The molecule has 0 rings (SSSR count). The van der Waals surface area contributed by atoms with Gasteiger partial charge in [-0.25, -0.2) is 0 Å². The van der Waals surface area contributed by atoms with Crippen LogP contribution in [0.5, 0.6) is 0 Å². The van der Waals surface area contributed by atoms with Gasteiger partial charge in [0.2, 0.25) is 0 Å². The smallest absolute Gasteiger partial charge is 0.316 e. The van der Waals surface area contributed by atoms with Crippen molar-refractivity contribution in [2.45, 2.75) is 272 Å². The summed E-state index contributed by atoms with van der Waals surface area (Å²) in [5.41, 5.74) is 0. The molecule has 0 amide bonds. The molecule has 0 aromatic carbocycles. The second-order valence-electron chi connectivity index (χ2n) is 15.9. The van der Waals surface area contributed by atoms with Gasteiger partial charge in [-0.2, -0.15) is 0 Å². The minimum atomic E-state index is -0.249. The first kappa shape index (κ1) is 48.1. The molecule has 3 nitrogen and oxygen atoms in total. The summed E-state index contributed by atoms with van der Waals surface area (Å²) in [4.78, 5) is 26.0. The van der Waals surface area contributed by atoms with Crippen LogP contribution in [0.3, 0.4) is 0 Å². The van der Waals surface area contributed by atoms with E-state index in [1.807, 2.05) is 0 Å². The van der Waals surface area contributed by atoms with Crippen LogP contribution in [0.4, 0.5) is 0 Å². The lowest BCUT2D eigenvalue weighted by molar-refractivity contribution is -0.166. The van der Waals surface area contributed by atoms with Crippen LogP contribution in [0, 0.1) is 11.8 Å². The molecule has 0 saturated heterocycles. The topological polar surface area (TPSA) is 43.4 Å². The number of esters is 2. The fraction of sp³-hybridized carbons (Fsp3) is 0.957. The molecule has 2 atom stereocenters. The van der Waals surface area contributed by atoms with Crippen molar-refractivity contribution in [2.24, 2.45) is 11.8 Å². The molecule has 0 N–H and O–H groups in total. The number of carbonyl (C=O) groups is 2. The summed E-state index contributed by atoms with van der Waals surface area (Å²) in [5, 5.41) is 0. The van der Waals surface area contributed by atoms with E-state index in [1.54, 1.807) is 0 Å². The molecule has 0 aliphatic rings. The van der Waals surface area contributed by atoms with E-state index < -0.39 is 0 Å². The van der Waals surface area contributed by atoms with Gasteiger partial charge >= 0.3 is 11.9 Å². The van der Waals surface area contributed by atoms with Crippen molar-refractivity contribution >= 4 is 11.9 Å². The highest BCUT2D eigenvalue weighted by Crippen LogP contribution is 2.23. The Morgan fingerprint density at radius 1 is 0.286 bits per heavy atom. The Labute approximate surface area is 309 Å². The first-order chi connectivity index (χ1) is 24.1. The number of rotatable bonds is 40. The lowest BCUT2D eigenvalue weighted by Crippen LogP contribution is -2.26. The Morgan fingerprint density at radius 3 is 0.694 bits per heavy atom. The molecular weight excluding hydrogens is 601 g/mol. The first-order valence-corrected chi connectivity index (χ1v) is 22.9. The highest BCUT2D eigenvalue weighted by atomic mass is 16.6. The maximum absolute atomic E-state index is 13.0. The zero-order chi connectivity index (χ0) is 35.9. The summed E-state index contributed by atoms with van der Waals surface area (Å²) in [6, 6.07) is 0. The predicted octanol–water partition coefficient (Wildman–Crippen LogP) is 16.2. The van der Waals surface area contributed by atoms with E-state index in [4.69, 9.17) is 4.74 Å². The molecule has 0 spiro atoms. The van der Waals surface area contributed by atoms with Gasteiger partial charge in [0, 0.05) is 0 Å². The average molecular weight is 691 g/mol. The monoisotopic (exact) mass is 691 g/mol. The molecule has 3 heteroatoms. The molecule has 0 aromatic heterocycles. The van der Waals surface area contributed by atoms with Gasteiger partial charge in [-0.1, -0.05) is 246 Å². The normalized spacial score (nSPS) is 12.7. The second kappa shape index (κ2) is 39.9. The van der Waals surface area contributed by atoms with Crippen LogP contribution < -0.4 is 0 Å². The van der Waals surface area contributed by atoms with Gasteiger partial charge in [0.05, 0.1) is 11.8 Å². The van der Waals surface area contributed by atoms with E-state index in [0.29, 0.717) is 0 Å². The second-order valence-corrected chi connectivity index (χ2v) is 15.9. The van der Waals surface area contributed by atoms with E-state index in [0.717, 1.165) is 51.4 Å². The molecule has 0 saturated carbocycles. The van der Waals surface area contributed by atoms with Crippen molar-refractivity contribution in [1.82, 2.24) is 0 Å². The minimum Gasteiger partial charge on any atom is -0.393 e. The number of hydrogen-bond donors (Lipinski definition) is 0. The average Bonchev–Trinajstić information content (AvgIpc) is 3.10. The van der Waals surface area contributed by atoms with Crippen LogP contribution in [0.1, 0.15) is 272 Å². The Bertz CT molecular complexity index is 617. The molecule has 0 aliphatic heterocycles. The van der Waals surface area contributed by atoms with Crippen LogP contribution >= 0.6 is 0 Å². The quantitative estimate of drug-likeness (QED) is 0.0365. The van der Waals surface area contributed by atoms with Gasteiger partial charge in [-0.3, -0.25) is 9.59 Å². The lowest BCUT2D eigenvalue weighted by atomic mass is 9.94. The van der Waals surface area contributed by atoms with Crippen LogP contribution in [0.25, 0.3) is 0 Å². The summed E-state index contributed by atoms with van der Waals surface area (Å²) in [7, 11) is 0. The molecule has 0 heterocycles. The van der Waals surface area contributed by atoms with E-state index in [2.05, 4.69) is 27.7 Å². The standard InChI is InChI=1S/C46H90O3/c1-5-9-11-13-15-17-19-21-23-25-27-29-31-33-35-37-41-43(39-7-3)45(47)49-46(48)44(40-8-4)42-38-36-34-32-30-28-26-24-22-20-18-16-14-12-10-6-2/h43-44H,5-42H2,1-4H3. The fourth-order valence-corrected chi connectivity index (χ4v) is 7.60. The summed E-state index contributed by atoms with van der Waals surface area (Å²) in [5.74, 6) is -0.724. The van der Waals surface area contributed by atoms with Gasteiger partial charge < -0.3 is 4.74 Å². The Morgan fingerprint density at radius 2 is 0.490 bits per heavy atom. The fourth-order valence-electron chi connectivity index (χ4n) is 7.60. The van der Waals surface area contributed by atoms with Crippen LogP contribution in [-0.2, 0) is 14.3 Å². The molecular formula is C46H90O3. The van der Waals surface area contributed by atoms with E-state index >= 15 is 0 Å². The maximum Gasteiger partial charge on any atom is 0.316 e. The zero-order valence-electron chi connectivity index (χ0n) is 34.2. The highest BCUT2D eigenvalue weighted by molar-refractivity contribution is 5.87. The van der Waals surface area contributed by atoms with Crippen molar-refractivity contribution in [1.29, 1.82) is 0 Å². The van der Waals surface area contributed by atoms with Crippen molar-refractivity contribution in [2.75, 3.05) is 0 Å². The lowest BCUT2D eigenvalue weighted by Gasteiger charge is -2.18. The minimum absolute atomic E-state index is 0.113. The van der Waals surface area contributed by atoms with Crippen molar-refractivity contribution in [3.63, 3.8) is 0 Å². The third kappa shape index (κ3) is 34.0. The molecule has 49 heavy (non-hydrogen) atoms. The third-order valence-corrected chi connectivity index (χ3v) is 11.0. The Hall–Kier alpha value is -0.860. The largest absolute Gasteiger partial charge is 0.393 e. The molecule has 0 bridgehead atoms. The van der Waals surface area contributed by atoms with Gasteiger partial charge in [0.15, 0.2) is 0 Å². The van der Waals surface area contributed by atoms with Gasteiger partial charge in [-0.15, -0.1) is 0 Å². The van der Waals surface area contributed by atoms with Crippen molar-refractivity contribution in [3.05, 3.63) is 0 Å². The molecule has 0 fully saturated rings. The summed E-state index contributed by atoms with van der Waals surface area (Å²) >= 11 is 0. The van der Waals surface area contributed by atoms with Crippen LogP contribution in [-0.4, -0.2) is 11.9 Å². The van der Waals surface area contributed by atoms with E-state index in [1.165, 1.54) is 193 Å². The van der Waals surface area contributed by atoms with Crippen LogP contribution in [0.2, 0.25) is 0 Å². The van der Waals surface area contributed by atoms with Crippen molar-refractivity contribution in [3.8, 4) is 0 Å². The van der Waals surface area contributed by atoms with Crippen LogP contribution in [0.15, 0.2) is 0 Å². The van der Waals surface area contributed by atoms with Gasteiger partial charge in [-0.05, 0) is 25.7 Å². The summed E-state index contributed by atoms with van der Waals surface area (Å²) < 4.78 is 5.56. The number of hydrogen-bond acceptors (Lipinski definition) is 3.